The van der Waals surface area contributed by atoms with Crippen LogP contribution in [0.4, 0.5) is 5.13 Å². The van der Waals surface area contributed by atoms with Crippen molar-refractivity contribution in [2.24, 2.45) is 0 Å². The lowest BCUT2D eigenvalue weighted by molar-refractivity contribution is -0.115. The summed E-state index contributed by atoms with van der Waals surface area (Å²) in [7, 11) is 0. The highest BCUT2D eigenvalue weighted by atomic mass is 32.1. The molecule has 7 heteroatoms. The van der Waals surface area contributed by atoms with E-state index in [0.29, 0.717) is 16.8 Å². The molecule has 2 aromatic heterocycles. The van der Waals surface area contributed by atoms with Crippen LogP contribution < -0.4 is 5.32 Å². The Morgan fingerprint density at radius 3 is 3.10 bits per heavy atom. The molecule has 2 unspecified atom stereocenters. The zero-order valence-electron chi connectivity index (χ0n) is 11.7. The summed E-state index contributed by atoms with van der Waals surface area (Å²) in [5, 5.41) is 16.7. The average molecular weight is 307 g/mol. The number of amides is 1. The number of hydrogen-bond donors (Lipinski definition) is 2. The summed E-state index contributed by atoms with van der Waals surface area (Å²) in [6, 6.07) is 1.74. The Bertz CT molecular complexity index is 637. The molecule has 0 aliphatic heterocycles. The van der Waals surface area contributed by atoms with Gasteiger partial charge in [-0.3, -0.25) is 4.79 Å². The number of aliphatic hydroxyl groups excluding tert-OH is 1. The van der Waals surface area contributed by atoms with Crippen molar-refractivity contribution in [3.8, 4) is 0 Å². The number of aryl methyl sites for hydroxylation is 1. The van der Waals surface area contributed by atoms with Gasteiger partial charge in [0.2, 0.25) is 5.91 Å². The van der Waals surface area contributed by atoms with Crippen LogP contribution in [-0.4, -0.2) is 27.3 Å². The summed E-state index contributed by atoms with van der Waals surface area (Å²) >= 11 is 1.48. The van der Waals surface area contributed by atoms with Gasteiger partial charge in [-0.2, -0.15) is 0 Å². The van der Waals surface area contributed by atoms with E-state index < -0.39 is 0 Å². The van der Waals surface area contributed by atoms with Crippen molar-refractivity contribution in [3.63, 3.8) is 0 Å². The van der Waals surface area contributed by atoms with Gasteiger partial charge in [0.1, 0.15) is 5.76 Å². The first-order valence-corrected chi connectivity index (χ1v) is 7.77. The number of nitrogens with one attached hydrogen (secondary N) is 1. The van der Waals surface area contributed by atoms with Gasteiger partial charge in [0.15, 0.2) is 5.13 Å². The van der Waals surface area contributed by atoms with Crippen molar-refractivity contribution in [1.82, 2.24) is 10.1 Å². The maximum absolute atomic E-state index is 11.9. The van der Waals surface area contributed by atoms with Crippen LogP contribution in [-0.2, 0) is 11.2 Å². The smallest absolute Gasteiger partial charge is 0.233 e. The fourth-order valence-corrected chi connectivity index (χ4v) is 3.55. The van der Waals surface area contributed by atoms with Crippen LogP contribution in [0.2, 0.25) is 0 Å². The maximum Gasteiger partial charge on any atom is 0.233 e. The molecule has 0 saturated heterocycles. The highest BCUT2D eigenvalue weighted by Gasteiger charge is 2.26. The Labute approximate surface area is 126 Å². The molecule has 2 N–H and O–H groups in total. The van der Waals surface area contributed by atoms with Crippen LogP contribution in [0.5, 0.6) is 0 Å². The van der Waals surface area contributed by atoms with E-state index in [-0.39, 0.29) is 18.4 Å². The second-order valence-corrected chi connectivity index (χ2v) is 6.45. The number of rotatable bonds is 4. The van der Waals surface area contributed by atoms with Crippen molar-refractivity contribution in [1.29, 1.82) is 0 Å². The molecule has 0 aromatic carbocycles. The third-order valence-electron chi connectivity index (χ3n) is 3.59. The normalized spacial score (nSPS) is 21.6. The summed E-state index contributed by atoms with van der Waals surface area (Å²) in [4.78, 5) is 17.3. The molecular formula is C14H17N3O3S. The maximum atomic E-state index is 11.9. The van der Waals surface area contributed by atoms with Gasteiger partial charge in [0, 0.05) is 17.1 Å². The second-order valence-electron chi connectivity index (χ2n) is 5.39. The lowest BCUT2D eigenvalue weighted by atomic mass is 10.1. The van der Waals surface area contributed by atoms with E-state index in [1.165, 1.54) is 11.3 Å². The zero-order valence-corrected chi connectivity index (χ0v) is 12.5. The van der Waals surface area contributed by atoms with Gasteiger partial charge in [0.05, 0.1) is 18.2 Å². The summed E-state index contributed by atoms with van der Waals surface area (Å²) in [6.07, 6.45) is 4.35. The van der Waals surface area contributed by atoms with Crippen LogP contribution in [0.3, 0.4) is 0 Å². The van der Waals surface area contributed by atoms with E-state index in [1.807, 2.05) is 6.92 Å². The standard InChI is InChI=1S/C14H17N3O3S/c1-8-4-11(20-17-8)6-13(19)16-14-15-7-12(21-14)9-2-3-10(18)5-9/h4,7,9-10,18H,2-3,5-6H2,1H3,(H,15,16,19). The molecule has 2 heterocycles. The summed E-state index contributed by atoms with van der Waals surface area (Å²) < 4.78 is 5.02. The first-order chi connectivity index (χ1) is 10.1. The van der Waals surface area contributed by atoms with Gasteiger partial charge >= 0.3 is 0 Å². The summed E-state index contributed by atoms with van der Waals surface area (Å²) in [6.45, 7) is 1.81. The van der Waals surface area contributed by atoms with Gasteiger partial charge in [0.25, 0.3) is 0 Å². The summed E-state index contributed by atoms with van der Waals surface area (Å²) in [5.41, 5.74) is 0.758. The molecular weight excluding hydrogens is 290 g/mol. The lowest BCUT2D eigenvalue weighted by Gasteiger charge is -2.04. The molecule has 0 bridgehead atoms. The Hall–Kier alpha value is -1.73. The van der Waals surface area contributed by atoms with E-state index in [0.717, 1.165) is 29.8 Å². The summed E-state index contributed by atoms with van der Waals surface area (Å²) in [5.74, 6) is 0.735. The number of hydrogen-bond acceptors (Lipinski definition) is 6. The third kappa shape index (κ3) is 3.48. The van der Waals surface area contributed by atoms with Crippen molar-refractivity contribution < 1.29 is 14.4 Å². The van der Waals surface area contributed by atoms with Crippen molar-refractivity contribution in [3.05, 3.63) is 28.6 Å². The van der Waals surface area contributed by atoms with E-state index in [4.69, 9.17) is 4.52 Å². The predicted molar refractivity (Wildman–Crippen MR) is 78.3 cm³/mol. The minimum Gasteiger partial charge on any atom is -0.393 e. The lowest BCUT2D eigenvalue weighted by Crippen LogP contribution is -2.13. The second kappa shape index (κ2) is 5.95. The molecule has 6 nitrogen and oxygen atoms in total. The number of nitrogens with zero attached hydrogens (tertiary/aromatic N) is 2. The molecule has 3 rings (SSSR count). The molecule has 2 aromatic rings. The largest absolute Gasteiger partial charge is 0.393 e. The fraction of sp³-hybridized carbons (Fsp3) is 0.500. The van der Waals surface area contributed by atoms with Crippen molar-refractivity contribution >= 4 is 22.4 Å². The number of thiazole rings is 1. The molecule has 21 heavy (non-hydrogen) atoms. The van der Waals surface area contributed by atoms with Gasteiger partial charge in [-0.15, -0.1) is 11.3 Å². The van der Waals surface area contributed by atoms with Gasteiger partial charge in [-0.05, 0) is 32.1 Å². The average Bonchev–Trinajstić information content (AvgIpc) is 3.12. The number of aliphatic hydroxyl groups is 1. The minimum absolute atomic E-state index is 0.151. The number of anilines is 1. The van der Waals surface area contributed by atoms with Crippen molar-refractivity contribution in [2.75, 3.05) is 5.32 Å². The van der Waals surface area contributed by atoms with Gasteiger partial charge in [-0.1, -0.05) is 5.16 Å². The number of carbonyl (C=O) groups is 1. The van der Waals surface area contributed by atoms with E-state index in [1.54, 1.807) is 12.3 Å². The van der Waals surface area contributed by atoms with Crippen LogP contribution in [0.1, 0.15) is 41.5 Å². The van der Waals surface area contributed by atoms with Crippen LogP contribution in [0.25, 0.3) is 0 Å². The highest BCUT2D eigenvalue weighted by Crippen LogP contribution is 2.38. The fourth-order valence-electron chi connectivity index (χ4n) is 2.57. The van der Waals surface area contributed by atoms with Gasteiger partial charge < -0.3 is 14.9 Å². The third-order valence-corrected chi connectivity index (χ3v) is 4.66. The van der Waals surface area contributed by atoms with Crippen LogP contribution >= 0.6 is 11.3 Å². The Morgan fingerprint density at radius 1 is 1.57 bits per heavy atom. The molecule has 0 spiro atoms. The van der Waals surface area contributed by atoms with E-state index >= 15 is 0 Å². The van der Waals surface area contributed by atoms with Gasteiger partial charge in [-0.25, -0.2) is 4.98 Å². The van der Waals surface area contributed by atoms with Crippen LogP contribution in [0.15, 0.2) is 16.8 Å². The first kappa shape index (κ1) is 14.2. The zero-order chi connectivity index (χ0) is 14.8. The molecule has 0 radical (unpaired) electrons. The Balaban J connectivity index is 1.58. The van der Waals surface area contributed by atoms with Crippen molar-refractivity contribution in [2.45, 2.75) is 44.6 Å². The number of carbonyl (C=O) groups excluding carboxylic acids is 1. The molecule has 1 amide bonds. The molecule has 1 aliphatic carbocycles. The Kier molecular flexibility index (Phi) is 4.03. The predicted octanol–water partition coefficient (Wildman–Crippen LogP) is 2.25. The van der Waals surface area contributed by atoms with Crippen LogP contribution in [0, 0.1) is 6.92 Å². The molecule has 1 fully saturated rings. The quantitative estimate of drug-likeness (QED) is 0.904. The highest BCUT2D eigenvalue weighted by molar-refractivity contribution is 7.15. The Morgan fingerprint density at radius 2 is 2.43 bits per heavy atom. The minimum atomic E-state index is -0.204. The monoisotopic (exact) mass is 307 g/mol. The van der Waals surface area contributed by atoms with E-state index in [9.17, 15) is 9.90 Å². The molecule has 112 valence electrons. The number of aromatic nitrogens is 2. The molecule has 2 atom stereocenters. The van der Waals surface area contributed by atoms with E-state index in [2.05, 4.69) is 15.5 Å². The molecule has 1 aliphatic rings. The molecule has 1 saturated carbocycles. The SMILES string of the molecule is Cc1cc(CC(=O)Nc2ncc(C3CCC(O)C3)s2)on1. The topological polar surface area (TPSA) is 88.2 Å². The first-order valence-electron chi connectivity index (χ1n) is 6.96.